The predicted molar refractivity (Wildman–Crippen MR) is 78.2 cm³/mol. The molecule has 0 atom stereocenters. The van der Waals surface area contributed by atoms with E-state index in [4.69, 9.17) is 16.3 Å². The van der Waals surface area contributed by atoms with Crippen LogP contribution in [0.4, 0.5) is 10.1 Å². The van der Waals surface area contributed by atoms with Crippen molar-refractivity contribution in [2.75, 3.05) is 0 Å². The normalized spacial score (nSPS) is 10.4. The highest BCUT2D eigenvalue weighted by Crippen LogP contribution is 2.25. The summed E-state index contributed by atoms with van der Waals surface area (Å²) in [6.45, 7) is 1.88. The van der Waals surface area contributed by atoms with E-state index in [0.29, 0.717) is 10.8 Å². The van der Waals surface area contributed by atoms with Crippen LogP contribution >= 0.6 is 11.6 Å². The first-order chi connectivity index (χ1) is 10.0. The molecule has 0 aromatic heterocycles. The van der Waals surface area contributed by atoms with Crippen LogP contribution < -0.4 is 4.74 Å². The largest absolute Gasteiger partial charge is 0.489 e. The summed E-state index contributed by atoms with van der Waals surface area (Å²) < 4.78 is 19.4. The van der Waals surface area contributed by atoms with Gasteiger partial charge < -0.3 is 4.74 Å². The summed E-state index contributed by atoms with van der Waals surface area (Å²) in [5.41, 5.74) is 0.507. The molecule has 4 nitrogen and oxygen atoms in total. The molecule has 0 unspecified atom stereocenters. The highest BCUT2D eigenvalue weighted by molar-refractivity contribution is 6.31. The number of nitro benzene ring substituents is 1. The smallest absolute Gasteiger partial charge is 0.305 e. The number of halogens is 2. The summed E-state index contributed by atoms with van der Waals surface area (Å²) in [7, 11) is 0. The third-order valence-corrected chi connectivity index (χ3v) is 3.42. The third kappa shape index (κ3) is 3.49. The van der Waals surface area contributed by atoms with Crippen LogP contribution in [0.1, 0.15) is 18.1 Å². The fourth-order valence-electron chi connectivity index (χ4n) is 1.89. The van der Waals surface area contributed by atoms with Crippen molar-refractivity contribution >= 4 is 17.3 Å². The van der Waals surface area contributed by atoms with Gasteiger partial charge in [-0.1, -0.05) is 30.7 Å². The molecule has 2 aromatic carbocycles. The van der Waals surface area contributed by atoms with Crippen LogP contribution in [0.15, 0.2) is 36.4 Å². The van der Waals surface area contributed by atoms with Crippen LogP contribution in [0.5, 0.6) is 5.75 Å². The van der Waals surface area contributed by atoms with Gasteiger partial charge in [0.05, 0.1) is 4.92 Å². The summed E-state index contributed by atoms with van der Waals surface area (Å²) in [5, 5.41) is 11.3. The lowest BCUT2D eigenvalue weighted by molar-refractivity contribution is -0.387. The lowest BCUT2D eigenvalue weighted by Crippen LogP contribution is -2.02. The van der Waals surface area contributed by atoms with Gasteiger partial charge in [-0.3, -0.25) is 10.1 Å². The zero-order valence-corrected chi connectivity index (χ0v) is 12.1. The Morgan fingerprint density at radius 1 is 1.29 bits per heavy atom. The Bertz CT molecular complexity index is 676. The monoisotopic (exact) mass is 309 g/mol. The van der Waals surface area contributed by atoms with E-state index in [1.165, 1.54) is 12.1 Å². The summed E-state index contributed by atoms with van der Waals surface area (Å²) in [6.07, 6.45) is 0.751. The fourth-order valence-corrected chi connectivity index (χ4v) is 2.14. The predicted octanol–water partition coefficient (Wildman–Crippen LogP) is 4.53. The first kappa shape index (κ1) is 15.3. The van der Waals surface area contributed by atoms with E-state index in [-0.39, 0.29) is 12.2 Å². The molecule has 0 saturated heterocycles. The van der Waals surface area contributed by atoms with Crippen molar-refractivity contribution < 1.29 is 14.1 Å². The first-order valence-electron chi connectivity index (χ1n) is 6.36. The van der Waals surface area contributed by atoms with Gasteiger partial charge >= 0.3 is 5.69 Å². The molecule has 2 aromatic rings. The molecule has 0 radical (unpaired) electrons. The Morgan fingerprint density at radius 2 is 2.05 bits per heavy atom. The molecule has 0 N–H and O–H groups in total. The standard InChI is InChI=1S/C15H13ClFNO3/c1-2-10-8-12(6-7-13(10)16)21-9-11-4-3-5-14(15(11)17)18(19)20/h3-8H,2,9H2,1H3. The Morgan fingerprint density at radius 3 is 2.71 bits per heavy atom. The molecule has 0 amide bonds. The number of benzene rings is 2. The number of hydrogen-bond acceptors (Lipinski definition) is 3. The van der Waals surface area contributed by atoms with Gasteiger partial charge in [0.15, 0.2) is 0 Å². The van der Waals surface area contributed by atoms with Gasteiger partial charge in [-0.15, -0.1) is 0 Å². The highest BCUT2D eigenvalue weighted by atomic mass is 35.5. The summed E-state index contributed by atoms with van der Waals surface area (Å²) in [5.74, 6) is -0.325. The minimum Gasteiger partial charge on any atom is -0.489 e. The molecular weight excluding hydrogens is 297 g/mol. The second-order valence-electron chi connectivity index (χ2n) is 4.40. The van der Waals surface area contributed by atoms with Gasteiger partial charge in [-0.25, -0.2) is 0 Å². The molecule has 0 heterocycles. The molecule has 110 valence electrons. The molecule has 0 aliphatic rings. The van der Waals surface area contributed by atoms with Gasteiger partial charge in [0, 0.05) is 16.7 Å². The maximum absolute atomic E-state index is 13.9. The van der Waals surface area contributed by atoms with Crippen LogP contribution in [0.3, 0.4) is 0 Å². The SMILES string of the molecule is CCc1cc(OCc2cccc([N+](=O)[O-])c2F)ccc1Cl. The molecule has 2 rings (SSSR count). The number of rotatable bonds is 5. The second-order valence-corrected chi connectivity index (χ2v) is 4.81. The molecular formula is C15H13ClFNO3. The minimum atomic E-state index is -0.868. The Labute approximate surface area is 126 Å². The van der Waals surface area contributed by atoms with Crippen LogP contribution in [-0.4, -0.2) is 4.92 Å². The number of nitrogens with zero attached hydrogens (tertiary/aromatic N) is 1. The van der Waals surface area contributed by atoms with Crippen LogP contribution in [0.2, 0.25) is 5.02 Å². The van der Waals surface area contributed by atoms with Crippen LogP contribution in [-0.2, 0) is 13.0 Å². The van der Waals surface area contributed by atoms with Gasteiger partial charge in [0.2, 0.25) is 5.82 Å². The zero-order valence-electron chi connectivity index (χ0n) is 11.3. The number of ether oxygens (including phenoxy) is 1. The van der Waals surface area contributed by atoms with Crippen molar-refractivity contribution in [2.45, 2.75) is 20.0 Å². The van der Waals surface area contributed by atoms with E-state index < -0.39 is 16.4 Å². The zero-order chi connectivity index (χ0) is 15.4. The van der Waals surface area contributed by atoms with Gasteiger partial charge in [-0.05, 0) is 30.2 Å². The fraction of sp³-hybridized carbons (Fsp3) is 0.200. The maximum atomic E-state index is 13.9. The molecule has 0 fully saturated rings. The minimum absolute atomic E-state index is 0.0850. The molecule has 0 bridgehead atoms. The van der Waals surface area contributed by atoms with Crippen molar-refractivity contribution in [3.8, 4) is 5.75 Å². The topological polar surface area (TPSA) is 52.4 Å². The molecule has 0 spiro atoms. The van der Waals surface area contributed by atoms with E-state index in [1.807, 2.05) is 6.92 Å². The Balaban J connectivity index is 2.17. The van der Waals surface area contributed by atoms with Crippen LogP contribution in [0.25, 0.3) is 0 Å². The molecule has 0 saturated carbocycles. The summed E-state index contributed by atoms with van der Waals surface area (Å²) >= 11 is 6.00. The van der Waals surface area contributed by atoms with Crippen molar-refractivity contribution in [1.82, 2.24) is 0 Å². The number of nitro groups is 1. The highest BCUT2D eigenvalue weighted by Gasteiger charge is 2.17. The quantitative estimate of drug-likeness (QED) is 0.602. The van der Waals surface area contributed by atoms with E-state index in [9.17, 15) is 14.5 Å². The Kier molecular flexibility index (Phi) is 4.75. The first-order valence-corrected chi connectivity index (χ1v) is 6.73. The van der Waals surface area contributed by atoms with Gasteiger partial charge in [-0.2, -0.15) is 4.39 Å². The molecule has 6 heteroatoms. The average Bonchev–Trinajstić information content (AvgIpc) is 2.47. The van der Waals surface area contributed by atoms with Gasteiger partial charge in [0.1, 0.15) is 12.4 Å². The second kappa shape index (κ2) is 6.54. The van der Waals surface area contributed by atoms with E-state index in [0.717, 1.165) is 18.1 Å². The molecule has 0 aliphatic carbocycles. The van der Waals surface area contributed by atoms with Crippen molar-refractivity contribution in [3.63, 3.8) is 0 Å². The molecule has 0 aliphatic heterocycles. The third-order valence-electron chi connectivity index (χ3n) is 3.05. The van der Waals surface area contributed by atoms with Crippen LogP contribution in [0, 0.1) is 15.9 Å². The van der Waals surface area contributed by atoms with E-state index in [1.54, 1.807) is 18.2 Å². The molecule has 21 heavy (non-hydrogen) atoms. The van der Waals surface area contributed by atoms with Crippen molar-refractivity contribution in [3.05, 3.63) is 68.5 Å². The van der Waals surface area contributed by atoms with Gasteiger partial charge in [0.25, 0.3) is 0 Å². The maximum Gasteiger partial charge on any atom is 0.305 e. The van der Waals surface area contributed by atoms with E-state index in [2.05, 4.69) is 0 Å². The number of hydrogen-bond donors (Lipinski definition) is 0. The number of aryl methyl sites for hydroxylation is 1. The lowest BCUT2D eigenvalue weighted by Gasteiger charge is -2.09. The summed E-state index contributed by atoms with van der Waals surface area (Å²) in [4.78, 5) is 9.93. The Hall–Kier alpha value is -2.14. The van der Waals surface area contributed by atoms with E-state index >= 15 is 0 Å². The summed E-state index contributed by atoms with van der Waals surface area (Å²) in [6, 6.07) is 9.17. The lowest BCUT2D eigenvalue weighted by atomic mass is 10.1. The van der Waals surface area contributed by atoms with Crippen molar-refractivity contribution in [2.24, 2.45) is 0 Å². The average molecular weight is 310 g/mol. The van der Waals surface area contributed by atoms with Crippen molar-refractivity contribution in [1.29, 1.82) is 0 Å².